The minimum Gasteiger partial charge on any atom is -0.495 e. The molecule has 1 aromatic rings. The molecule has 1 aromatic heterocycles. The first-order chi connectivity index (χ1) is 6.31. The number of methoxy groups -OCH3 is 1. The second-order valence-electron chi connectivity index (χ2n) is 2.96. The van der Waals surface area contributed by atoms with Crippen molar-refractivity contribution >= 4 is 15.9 Å². The van der Waals surface area contributed by atoms with Crippen molar-refractivity contribution in [2.45, 2.75) is 12.5 Å². The third kappa shape index (κ3) is 2.00. The standard InChI is InChI=1S/C9H10BrNO2/c1-12-9-4-11-3-8(10)7(9)2-6-5-13-6/h3-4,6H,2,5H2,1H3. The number of nitrogens with zero attached hydrogens (tertiary/aromatic N) is 1. The lowest BCUT2D eigenvalue weighted by Crippen LogP contribution is -1.99. The highest BCUT2D eigenvalue weighted by molar-refractivity contribution is 9.10. The van der Waals surface area contributed by atoms with Crippen molar-refractivity contribution in [2.75, 3.05) is 13.7 Å². The van der Waals surface area contributed by atoms with E-state index in [0.29, 0.717) is 6.10 Å². The first-order valence-electron chi connectivity index (χ1n) is 4.09. The molecule has 0 aromatic carbocycles. The van der Waals surface area contributed by atoms with Crippen LogP contribution in [0.4, 0.5) is 0 Å². The van der Waals surface area contributed by atoms with Gasteiger partial charge in [0.2, 0.25) is 0 Å². The minimum atomic E-state index is 0.368. The molecule has 0 amide bonds. The summed E-state index contributed by atoms with van der Waals surface area (Å²) in [5.41, 5.74) is 1.14. The predicted molar refractivity (Wildman–Crippen MR) is 51.9 cm³/mol. The quantitative estimate of drug-likeness (QED) is 0.760. The summed E-state index contributed by atoms with van der Waals surface area (Å²) < 4.78 is 11.4. The summed E-state index contributed by atoms with van der Waals surface area (Å²) in [7, 11) is 1.65. The van der Waals surface area contributed by atoms with Crippen molar-refractivity contribution in [3.8, 4) is 5.75 Å². The van der Waals surface area contributed by atoms with Crippen molar-refractivity contribution in [1.82, 2.24) is 4.98 Å². The third-order valence-corrected chi connectivity index (χ3v) is 2.70. The van der Waals surface area contributed by atoms with Crippen LogP contribution in [-0.2, 0) is 11.2 Å². The van der Waals surface area contributed by atoms with Crippen LogP contribution in [0.3, 0.4) is 0 Å². The molecule has 2 rings (SSSR count). The van der Waals surface area contributed by atoms with E-state index in [1.54, 1.807) is 19.5 Å². The fraction of sp³-hybridized carbons (Fsp3) is 0.444. The van der Waals surface area contributed by atoms with E-state index in [0.717, 1.165) is 28.8 Å². The van der Waals surface area contributed by atoms with Crippen molar-refractivity contribution in [2.24, 2.45) is 0 Å². The molecule has 0 N–H and O–H groups in total. The second kappa shape index (κ2) is 3.64. The van der Waals surface area contributed by atoms with Gasteiger partial charge >= 0.3 is 0 Å². The molecule has 2 heterocycles. The number of rotatable bonds is 3. The largest absolute Gasteiger partial charge is 0.495 e. The molecule has 0 saturated carbocycles. The summed E-state index contributed by atoms with van der Waals surface area (Å²) in [4.78, 5) is 4.03. The average Bonchev–Trinajstić information content (AvgIpc) is 2.92. The fourth-order valence-electron chi connectivity index (χ4n) is 1.23. The molecule has 3 nitrogen and oxygen atoms in total. The van der Waals surface area contributed by atoms with E-state index < -0.39 is 0 Å². The first-order valence-corrected chi connectivity index (χ1v) is 4.88. The number of halogens is 1. The summed E-state index contributed by atoms with van der Waals surface area (Å²) in [5.74, 6) is 0.824. The van der Waals surface area contributed by atoms with Crippen LogP contribution in [-0.4, -0.2) is 24.8 Å². The zero-order valence-corrected chi connectivity index (χ0v) is 8.87. The maximum Gasteiger partial charge on any atom is 0.141 e. The molecule has 1 aliphatic heterocycles. The smallest absolute Gasteiger partial charge is 0.141 e. The second-order valence-corrected chi connectivity index (χ2v) is 3.82. The molecule has 1 atom stereocenters. The van der Waals surface area contributed by atoms with E-state index in [2.05, 4.69) is 20.9 Å². The molecule has 70 valence electrons. The van der Waals surface area contributed by atoms with Gasteiger partial charge in [-0.3, -0.25) is 4.98 Å². The van der Waals surface area contributed by atoms with E-state index >= 15 is 0 Å². The molecule has 0 spiro atoms. The Morgan fingerprint density at radius 1 is 1.69 bits per heavy atom. The summed E-state index contributed by atoms with van der Waals surface area (Å²) in [6.07, 6.45) is 4.77. The van der Waals surface area contributed by atoms with Crippen molar-refractivity contribution in [3.63, 3.8) is 0 Å². The maximum atomic E-state index is 5.21. The number of aromatic nitrogens is 1. The van der Waals surface area contributed by atoms with Crippen LogP contribution in [0, 0.1) is 0 Å². The molecule has 1 fully saturated rings. The molecule has 4 heteroatoms. The van der Waals surface area contributed by atoms with Gasteiger partial charge in [-0.1, -0.05) is 0 Å². The molecule has 1 saturated heterocycles. The molecule has 0 aliphatic carbocycles. The predicted octanol–water partition coefficient (Wildman–Crippen LogP) is 1.79. The highest BCUT2D eigenvalue weighted by Crippen LogP contribution is 2.29. The fourth-order valence-corrected chi connectivity index (χ4v) is 1.71. The molecule has 13 heavy (non-hydrogen) atoms. The van der Waals surface area contributed by atoms with Gasteiger partial charge in [-0.2, -0.15) is 0 Å². The van der Waals surface area contributed by atoms with Gasteiger partial charge in [0.05, 0.1) is 26.0 Å². The lowest BCUT2D eigenvalue weighted by atomic mass is 10.1. The zero-order chi connectivity index (χ0) is 9.26. The molecule has 0 bridgehead atoms. The third-order valence-electron chi connectivity index (χ3n) is 2.02. The Morgan fingerprint density at radius 3 is 3.08 bits per heavy atom. The Bertz CT molecular complexity index is 312. The molecule has 0 radical (unpaired) electrons. The molecule has 1 aliphatic rings. The summed E-state index contributed by atoms with van der Waals surface area (Å²) in [5, 5.41) is 0. The van der Waals surface area contributed by atoms with Crippen LogP contribution >= 0.6 is 15.9 Å². The van der Waals surface area contributed by atoms with Gasteiger partial charge in [0, 0.05) is 22.7 Å². The first kappa shape index (κ1) is 8.97. The summed E-state index contributed by atoms with van der Waals surface area (Å²) in [6.45, 7) is 0.859. The highest BCUT2D eigenvalue weighted by atomic mass is 79.9. The number of pyridine rings is 1. The van der Waals surface area contributed by atoms with Gasteiger partial charge in [0.1, 0.15) is 5.75 Å². The Labute approximate surface area is 85.2 Å². The van der Waals surface area contributed by atoms with E-state index in [1.807, 2.05) is 0 Å². The monoisotopic (exact) mass is 243 g/mol. The van der Waals surface area contributed by atoms with E-state index in [4.69, 9.17) is 9.47 Å². The van der Waals surface area contributed by atoms with Crippen LogP contribution in [0.15, 0.2) is 16.9 Å². The Kier molecular flexibility index (Phi) is 2.51. The maximum absolute atomic E-state index is 5.21. The van der Waals surface area contributed by atoms with Crippen LogP contribution < -0.4 is 4.74 Å². The van der Waals surface area contributed by atoms with Crippen molar-refractivity contribution in [3.05, 3.63) is 22.4 Å². The molecular weight excluding hydrogens is 234 g/mol. The van der Waals surface area contributed by atoms with Gasteiger partial charge in [-0.05, 0) is 15.9 Å². The lowest BCUT2D eigenvalue weighted by molar-refractivity contribution is 0.389. The zero-order valence-electron chi connectivity index (χ0n) is 7.29. The Balaban J connectivity index is 2.27. The Hall–Kier alpha value is -0.610. The Morgan fingerprint density at radius 2 is 2.46 bits per heavy atom. The van der Waals surface area contributed by atoms with E-state index in [-0.39, 0.29) is 0 Å². The van der Waals surface area contributed by atoms with Gasteiger partial charge in [-0.15, -0.1) is 0 Å². The minimum absolute atomic E-state index is 0.368. The van der Waals surface area contributed by atoms with Crippen LogP contribution in [0.1, 0.15) is 5.56 Å². The van der Waals surface area contributed by atoms with Crippen LogP contribution in [0.5, 0.6) is 5.75 Å². The topological polar surface area (TPSA) is 34.6 Å². The van der Waals surface area contributed by atoms with E-state index in [9.17, 15) is 0 Å². The van der Waals surface area contributed by atoms with Gasteiger partial charge in [-0.25, -0.2) is 0 Å². The summed E-state index contributed by atoms with van der Waals surface area (Å²) in [6, 6.07) is 0. The van der Waals surface area contributed by atoms with Gasteiger partial charge in [0.25, 0.3) is 0 Å². The van der Waals surface area contributed by atoms with Crippen molar-refractivity contribution in [1.29, 1.82) is 0 Å². The van der Waals surface area contributed by atoms with Crippen LogP contribution in [0.2, 0.25) is 0 Å². The van der Waals surface area contributed by atoms with Gasteiger partial charge < -0.3 is 9.47 Å². The van der Waals surface area contributed by atoms with Crippen molar-refractivity contribution < 1.29 is 9.47 Å². The normalized spacial score (nSPS) is 20.0. The molecule has 1 unspecified atom stereocenters. The SMILES string of the molecule is COc1cncc(Br)c1CC1CO1. The van der Waals surface area contributed by atoms with Gasteiger partial charge in [0.15, 0.2) is 0 Å². The van der Waals surface area contributed by atoms with E-state index in [1.165, 1.54) is 0 Å². The lowest BCUT2D eigenvalue weighted by Gasteiger charge is -2.07. The number of hydrogen-bond donors (Lipinski definition) is 0. The number of ether oxygens (including phenoxy) is 2. The average molecular weight is 244 g/mol. The number of epoxide rings is 1. The van der Waals surface area contributed by atoms with Crippen LogP contribution in [0.25, 0.3) is 0 Å². The molecular formula is C9H10BrNO2. The highest BCUT2D eigenvalue weighted by Gasteiger charge is 2.25. The number of hydrogen-bond acceptors (Lipinski definition) is 3. The summed E-state index contributed by atoms with van der Waals surface area (Å²) >= 11 is 3.45.